The van der Waals surface area contributed by atoms with E-state index in [2.05, 4.69) is 5.32 Å². The van der Waals surface area contributed by atoms with E-state index >= 15 is 0 Å². The monoisotopic (exact) mass is 449 g/mol. The number of carbonyl (C=O) groups excluding carboxylic acids is 3. The van der Waals surface area contributed by atoms with E-state index in [4.69, 9.17) is 4.74 Å². The first-order valence-corrected chi connectivity index (χ1v) is 12.2. The number of esters is 1. The zero-order valence-corrected chi connectivity index (χ0v) is 19.1. The van der Waals surface area contributed by atoms with E-state index in [1.54, 1.807) is 29.2 Å². The van der Waals surface area contributed by atoms with E-state index in [1.807, 2.05) is 6.07 Å². The van der Waals surface area contributed by atoms with Crippen molar-refractivity contribution in [3.05, 3.63) is 29.8 Å². The van der Waals surface area contributed by atoms with Crippen LogP contribution in [0.3, 0.4) is 0 Å². The predicted molar refractivity (Wildman–Crippen MR) is 121 cm³/mol. The smallest absolute Gasteiger partial charge is 0.329 e. The first-order valence-electron chi connectivity index (χ1n) is 12.2. The van der Waals surface area contributed by atoms with E-state index in [0.717, 1.165) is 25.7 Å². The van der Waals surface area contributed by atoms with Gasteiger partial charge in [-0.15, -0.1) is 0 Å². The summed E-state index contributed by atoms with van der Waals surface area (Å²) < 4.78 is 5.51. The van der Waals surface area contributed by atoms with Gasteiger partial charge in [-0.1, -0.05) is 12.1 Å². The molecule has 0 radical (unpaired) electrons. The molecule has 6 rings (SSSR count). The van der Waals surface area contributed by atoms with Crippen molar-refractivity contribution >= 4 is 23.5 Å². The molecule has 2 atom stereocenters. The summed E-state index contributed by atoms with van der Waals surface area (Å²) in [6.45, 7) is 2.10. The summed E-state index contributed by atoms with van der Waals surface area (Å²) in [5.74, 6) is 1.11. The Morgan fingerprint density at radius 1 is 1.12 bits per heavy atom. The number of nitrogens with zero attached hydrogens (tertiary/aromatic N) is 2. The molecule has 5 fully saturated rings. The predicted octanol–water partition coefficient (Wildman–Crippen LogP) is 3.64. The topological polar surface area (TPSA) is 99.5 Å². The van der Waals surface area contributed by atoms with Gasteiger partial charge in [-0.05, 0) is 88.2 Å². The lowest BCUT2D eigenvalue weighted by Gasteiger charge is -2.56. The number of nitrogens with one attached hydrogen (secondary N) is 1. The van der Waals surface area contributed by atoms with Crippen LogP contribution in [0.2, 0.25) is 0 Å². The zero-order valence-electron chi connectivity index (χ0n) is 19.1. The Balaban J connectivity index is 1.23. The summed E-state index contributed by atoms with van der Waals surface area (Å²) in [7, 11) is 0. The van der Waals surface area contributed by atoms with Crippen molar-refractivity contribution in [2.45, 2.75) is 70.4 Å². The highest BCUT2D eigenvalue weighted by Crippen LogP contribution is 2.60. The number of para-hydroxylation sites is 1. The number of anilines is 1. The molecule has 2 unspecified atom stereocenters. The molecule has 4 bridgehead atoms. The Hall–Kier alpha value is -2.88. The van der Waals surface area contributed by atoms with Crippen molar-refractivity contribution in [3.8, 4) is 6.07 Å². The number of rotatable bonds is 5. The molecule has 7 nitrogen and oxygen atoms in total. The number of carbonyl (C=O) groups is 3. The number of hydrogen-bond acceptors (Lipinski definition) is 5. The minimum absolute atomic E-state index is 0.140. The van der Waals surface area contributed by atoms with Crippen LogP contribution in [-0.4, -0.2) is 41.4 Å². The average molecular weight is 450 g/mol. The molecule has 33 heavy (non-hydrogen) atoms. The van der Waals surface area contributed by atoms with Crippen LogP contribution in [0.4, 0.5) is 5.69 Å². The van der Waals surface area contributed by atoms with Crippen LogP contribution in [0.5, 0.6) is 0 Å². The number of ether oxygens (including phenoxy) is 1. The van der Waals surface area contributed by atoms with Gasteiger partial charge >= 0.3 is 5.97 Å². The standard InChI is InChI=1S/C26H31N3O4/c1-16(23(30)28-21-6-3-2-5-20(21)15-27)33-24(31)22-7-4-8-29(22)25(32)26-12-17-9-18(13-26)11-19(10-17)14-26/h2-3,5-6,16-19,22H,4,7-14H2,1H3,(H,28,30). The van der Waals surface area contributed by atoms with E-state index < -0.39 is 24.0 Å². The maximum absolute atomic E-state index is 13.8. The Labute approximate surface area is 194 Å². The number of hydrogen-bond donors (Lipinski definition) is 1. The summed E-state index contributed by atoms with van der Waals surface area (Å²) in [4.78, 5) is 41.1. The highest BCUT2D eigenvalue weighted by atomic mass is 16.5. The summed E-state index contributed by atoms with van der Waals surface area (Å²) in [5.41, 5.74) is 0.432. The number of amides is 2. The van der Waals surface area contributed by atoms with Crippen molar-refractivity contribution in [2.75, 3.05) is 11.9 Å². The maximum Gasteiger partial charge on any atom is 0.329 e. The van der Waals surface area contributed by atoms with Crippen LogP contribution in [0.15, 0.2) is 24.3 Å². The van der Waals surface area contributed by atoms with Gasteiger partial charge in [-0.25, -0.2) is 4.79 Å². The third-order valence-corrected chi connectivity index (χ3v) is 8.25. The van der Waals surface area contributed by atoms with Gasteiger partial charge in [-0.2, -0.15) is 5.26 Å². The molecular weight excluding hydrogens is 418 g/mol. The Morgan fingerprint density at radius 2 is 1.76 bits per heavy atom. The fraction of sp³-hybridized carbons (Fsp3) is 0.615. The van der Waals surface area contributed by atoms with Gasteiger partial charge in [0.25, 0.3) is 5.91 Å². The van der Waals surface area contributed by atoms with Crippen LogP contribution in [0.25, 0.3) is 0 Å². The Kier molecular flexibility index (Phi) is 5.64. The minimum Gasteiger partial charge on any atom is -0.451 e. The van der Waals surface area contributed by atoms with Crippen molar-refractivity contribution in [3.63, 3.8) is 0 Å². The second-order valence-corrected chi connectivity index (χ2v) is 10.6. The maximum atomic E-state index is 13.8. The second-order valence-electron chi connectivity index (χ2n) is 10.6. The molecule has 4 aliphatic carbocycles. The van der Waals surface area contributed by atoms with Crippen molar-refractivity contribution in [1.82, 2.24) is 4.90 Å². The van der Waals surface area contributed by atoms with Crippen molar-refractivity contribution < 1.29 is 19.1 Å². The molecule has 1 saturated heterocycles. The Bertz CT molecular complexity index is 978. The SMILES string of the molecule is CC(OC(=O)C1CCCN1C(=O)C12CC3CC(CC(C3)C1)C2)C(=O)Nc1ccccc1C#N. The normalized spacial score (nSPS) is 32.8. The molecule has 1 heterocycles. The van der Waals surface area contributed by atoms with Gasteiger partial charge in [0.1, 0.15) is 12.1 Å². The third-order valence-electron chi connectivity index (χ3n) is 8.25. The molecular formula is C26H31N3O4. The minimum atomic E-state index is -1.03. The number of benzene rings is 1. The van der Waals surface area contributed by atoms with E-state index in [0.29, 0.717) is 42.0 Å². The molecule has 1 aliphatic heterocycles. The third kappa shape index (κ3) is 4.01. The first kappa shape index (κ1) is 21.9. The number of nitriles is 1. The molecule has 1 N–H and O–H groups in total. The van der Waals surface area contributed by atoms with Crippen LogP contribution in [-0.2, 0) is 19.1 Å². The van der Waals surface area contributed by atoms with Gasteiger partial charge in [0, 0.05) is 6.54 Å². The molecule has 1 aromatic carbocycles. The number of likely N-dealkylation sites (tertiary alicyclic amines) is 1. The summed E-state index contributed by atoms with van der Waals surface area (Å²) in [6.07, 6.45) is 7.00. The lowest BCUT2D eigenvalue weighted by Crippen LogP contribution is -2.56. The fourth-order valence-electron chi connectivity index (χ4n) is 7.16. The molecule has 4 saturated carbocycles. The lowest BCUT2D eigenvalue weighted by molar-refractivity contribution is -0.168. The largest absolute Gasteiger partial charge is 0.451 e. The zero-order chi connectivity index (χ0) is 23.2. The highest BCUT2D eigenvalue weighted by molar-refractivity contribution is 5.97. The molecule has 174 valence electrons. The summed E-state index contributed by atoms with van der Waals surface area (Å²) in [6, 6.07) is 8.09. The quantitative estimate of drug-likeness (QED) is 0.692. The summed E-state index contributed by atoms with van der Waals surface area (Å²) in [5, 5.41) is 11.9. The molecule has 0 spiro atoms. The molecule has 2 amide bonds. The molecule has 1 aromatic rings. The van der Waals surface area contributed by atoms with E-state index in [-0.39, 0.29) is 11.3 Å². The highest BCUT2D eigenvalue weighted by Gasteiger charge is 2.57. The first-order chi connectivity index (χ1) is 15.9. The molecule has 7 heteroatoms. The van der Waals surface area contributed by atoms with Gasteiger partial charge in [0.05, 0.1) is 16.7 Å². The van der Waals surface area contributed by atoms with Gasteiger partial charge in [0.15, 0.2) is 6.10 Å². The van der Waals surface area contributed by atoms with Gasteiger partial charge < -0.3 is 15.0 Å². The average Bonchev–Trinajstić information content (AvgIpc) is 3.28. The van der Waals surface area contributed by atoms with E-state index in [1.165, 1.54) is 26.2 Å². The van der Waals surface area contributed by atoms with E-state index in [9.17, 15) is 19.6 Å². The van der Waals surface area contributed by atoms with Crippen LogP contribution >= 0.6 is 0 Å². The van der Waals surface area contributed by atoms with Crippen molar-refractivity contribution in [1.29, 1.82) is 5.26 Å². The van der Waals surface area contributed by atoms with Crippen LogP contribution in [0.1, 0.15) is 63.9 Å². The van der Waals surface area contributed by atoms with Crippen LogP contribution < -0.4 is 5.32 Å². The second kappa shape index (κ2) is 8.48. The lowest BCUT2D eigenvalue weighted by atomic mass is 9.49. The Morgan fingerprint density at radius 3 is 2.39 bits per heavy atom. The summed E-state index contributed by atoms with van der Waals surface area (Å²) >= 11 is 0. The van der Waals surface area contributed by atoms with Gasteiger partial charge in [0.2, 0.25) is 5.91 Å². The molecule has 5 aliphatic rings. The van der Waals surface area contributed by atoms with Crippen LogP contribution in [0, 0.1) is 34.5 Å². The molecule has 0 aromatic heterocycles. The van der Waals surface area contributed by atoms with Gasteiger partial charge in [-0.3, -0.25) is 9.59 Å². The van der Waals surface area contributed by atoms with Crippen molar-refractivity contribution in [2.24, 2.45) is 23.2 Å². The fourth-order valence-corrected chi connectivity index (χ4v) is 7.16.